The molecular weight excluding hydrogens is 210 g/mol. The summed E-state index contributed by atoms with van der Waals surface area (Å²) in [6.07, 6.45) is 1.77. The first-order chi connectivity index (χ1) is 8.29. The predicted molar refractivity (Wildman–Crippen MR) is 71.6 cm³/mol. The van der Waals surface area contributed by atoms with E-state index in [4.69, 9.17) is 4.74 Å². The third kappa shape index (κ3) is 2.88. The molecule has 0 fully saturated rings. The standard InChI is InChI=1S/C15H15NO/c1-3-16(2)13-9-11-15(12-10-13)17-14-7-5-4-6-8-14/h3-12H,1H2,2H3. The highest BCUT2D eigenvalue weighted by Gasteiger charge is 1.98. The minimum absolute atomic E-state index is 0.831. The lowest BCUT2D eigenvalue weighted by atomic mass is 10.3. The zero-order valence-corrected chi connectivity index (χ0v) is 9.84. The summed E-state index contributed by atoms with van der Waals surface area (Å²) in [4.78, 5) is 1.95. The summed E-state index contributed by atoms with van der Waals surface area (Å²) in [7, 11) is 1.96. The first-order valence-corrected chi connectivity index (χ1v) is 5.48. The van der Waals surface area contributed by atoms with Crippen LogP contribution >= 0.6 is 0 Å². The maximum absolute atomic E-state index is 5.70. The molecule has 0 amide bonds. The van der Waals surface area contributed by atoms with Crippen molar-refractivity contribution < 1.29 is 4.74 Å². The average molecular weight is 225 g/mol. The minimum atomic E-state index is 0.831. The van der Waals surface area contributed by atoms with Gasteiger partial charge in [-0.15, -0.1) is 0 Å². The number of benzene rings is 2. The maximum atomic E-state index is 5.70. The Kier molecular flexibility index (Phi) is 3.46. The van der Waals surface area contributed by atoms with Crippen LogP contribution in [-0.2, 0) is 0 Å². The Morgan fingerprint density at radius 2 is 1.53 bits per heavy atom. The SMILES string of the molecule is C=CN(C)c1ccc(Oc2ccccc2)cc1. The molecule has 2 rings (SSSR count). The summed E-state index contributed by atoms with van der Waals surface area (Å²) >= 11 is 0. The van der Waals surface area contributed by atoms with E-state index in [1.807, 2.05) is 66.5 Å². The van der Waals surface area contributed by atoms with Crippen molar-refractivity contribution in [1.29, 1.82) is 0 Å². The molecule has 0 saturated heterocycles. The molecule has 0 aliphatic rings. The van der Waals surface area contributed by atoms with Gasteiger partial charge < -0.3 is 9.64 Å². The van der Waals surface area contributed by atoms with E-state index in [1.54, 1.807) is 6.20 Å². The Hall–Kier alpha value is -2.22. The van der Waals surface area contributed by atoms with E-state index >= 15 is 0 Å². The number of ether oxygens (including phenoxy) is 1. The molecule has 0 aliphatic heterocycles. The van der Waals surface area contributed by atoms with Crippen molar-refractivity contribution in [2.24, 2.45) is 0 Å². The lowest BCUT2D eigenvalue weighted by Gasteiger charge is -2.13. The normalized spacial score (nSPS) is 9.71. The molecule has 0 bridgehead atoms. The maximum Gasteiger partial charge on any atom is 0.127 e. The Balaban J connectivity index is 2.11. The fraction of sp³-hybridized carbons (Fsp3) is 0.0667. The topological polar surface area (TPSA) is 12.5 Å². The number of para-hydroxylation sites is 1. The van der Waals surface area contributed by atoms with Gasteiger partial charge in [-0.3, -0.25) is 0 Å². The van der Waals surface area contributed by atoms with Gasteiger partial charge in [-0.25, -0.2) is 0 Å². The van der Waals surface area contributed by atoms with Crippen molar-refractivity contribution in [2.75, 3.05) is 11.9 Å². The Morgan fingerprint density at radius 3 is 2.12 bits per heavy atom. The lowest BCUT2D eigenvalue weighted by Crippen LogP contribution is -2.06. The van der Waals surface area contributed by atoms with E-state index in [0.29, 0.717) is 0 Å². The fourth-order valence-corrected chi connectivity index (χ4v) is 1.48. The van der Waals surface area contributed by atoms with Crippen LogP contribution in [0.3, 0.4) is 0 Å². The second-order valence-electron chi connectivity index (χ2n) is 3.70. The molecular formula is C15H15NO. The van der Waals surface area contributed by atoms with Crippen molar-refractivity contribution in [1.82, 2.24) is 0 Å². The van der Waals surface area contributed by atoms with Gasteiger partial charge in [0.2, 0.25) is 0 Å². The highest BCUT2D eigenvalue weighted by atomic mass is 16.5. The molecule has 2 aromatic carbocycles. The van der Waals surface area contributed by atoms with Crippen LogP contribution in [0.15, 0.2) is 67.4 Å². The van der Waals surface area contributed by atoms with Crippen molar-refractivity contribution in [3.8, 4) is 11.5 Å². The van der Waals surface area contributed by atoms with E-state index in [9.17, 15) is 0 Å². The molecule has 2 aromatic rings. The molecule has 2 heteroatoms. The van der Waals surface area contributed by atoms with Crippen molar-refractivity contribution in [3.05, 3.63) is 67.4 Å². The summed E-state index contributed by atoms with van der Waals surface area (Å²) in [5, 5.41) is 0. The second kappa shape index (κ2) is 5.21. The van der Waals surface area contributed by atoms with Gasteiger partial charge in [-0.1, -0.05) is 24.8 Å². The summed E-state index contributed by atoms with van der Waals surface area (Å²) in [5.74, 6) is 1.68. The van der Waals surface area contributed by atoms with Crippen LogP contribution in [0.4, 0.5) is 5.69 Å². The smallest absolute Gasteiger partial charge is 0.127 e. The summed E-state index contributed by atoms with van der Waals surface area (Å²) in [5.41, 5.74) is 1.08. The highest BCUT2D eigenvalue weighted by molar-refractivity contribution is 5.50. The van der Waals surface area contributed by atoms with E-state index in [1.165, 1.54) is 0 Å². The molecule has 0 atom stereocenters. The number of anilines is 1. The molecule has 0 heterocycles. The van der Waals surface area contributed by atoms with Crippen LogP contribution in [0.1, 0.15) is 0 Å². The van der Waals surface area contributed by atoms with Gasteiger partial charge in [0, 0.05) is 12.7 Å². The summed E-state index contributed by atoms with van der Waals surface area (Å²) < 4.78 is 5.70. The fourth-order valence-electron chi connectivity index (χ4n) is 1.48. The Labute approximate surface area is 102 Å². The van der Waals surface area contributed by atoms with Crippen LogP contribution in [0.25, 0.3) is 0 Å². The summed E-state index contributed by atoms with van der Waals surface area (Å²) in [6, 6.07) is 17.6. The number of hydrogen-bond donors (Lipinski definition) is 0. The largest absolute Gasteiger partial charge is 0.457 e. The Bertz CT molecular complexity index is 476. The van der Waals surface area contributed by atoms with Crippen molar-refractivity contribution >= 4 is 5.69 Å². The lowest BCUT2D eigenvalue weighted by molar-refractivity contribution is 0.483. The van der Waals surface area contributed by atoms with Gasteiger partial charge in [0.05, 0.1) is 0 Å². The zero-order chi connectivity index (χ0) is 12.1. The molecule has 17 heavy (non-hydrogen) atoms. The zero-order valence-electron chi connectivity index (χ0n) is 9.84. The molecule has 0 unspecified atom stereocenters. The van der Waals surface area contributed by atoms with Crippen LogP contribution in [-0.4, -0.2) is 7.05 Å². The van der Waals surface area contributed by atoms with Crippen molar-refractivity contribution in [3.63, 3.8) is 0 Å². The molecule has 0 N–H and O–H groups in total. The molecule has 2 nitrogen and oxygen atoms in total. The first kappa shape index (κ1) is 11.3. The third-order valence-electron chi connectivity index (χ3n) is 2.50. The van der Waals surface area contributed by atoms with Crippen LogP contribution in [0.2, 0.25) is 0 Å². The second-order valence-corrected chi connectivity index (χ2v) is 3.70. The van der Waals surface area contributed by atoms with Gasteiger partial charge in [0.1, 0.15) is 11.5 Å². The molecule has 0 saturated carbocycles. The number of hydrogen-bond acceptors (Lipinski definition) is 2. The molecule has 0 radical (unpaired) electrons. The Morgan fingerprint density at radius 1 is 0.941 bits per heavy atom. The van der Waals surface area contributed by atoms with Gasteiger partial charge >= 0.3 is 0 Å². The van der Waals surface area contributed by atoms with Gasteiger partial charge in [-0.2, -0.15) is 0 Å². The predicted octanol–water partition coefficient (Wildman–Crippen LogP) is 4.06. The van der Waals surface area contributed by atoms with E-state index in [-0.39, 0.29) is 0 Å². The summed E-state index contributed by atoms with van der Waals surface area (Å²) in [6.45, 7) is 3.72. The molecule has 86 valence electrons. The number of rotatable bonds is 4. The monoisotopic (exact) mass is 225 g/mol. The molecule has 0 spiro atoms. The van der Waals surface area contributed by atoms with Crippen molar-refractivity contribution in [2.45, 2.75) is 0 Å². The number of nitrogens with zero attached hydrogens (tertiary/aromatic N) is 1. The average Bonchev–Trinajstić information content (AvgIpc) is 2.40. The van der Waals surface area contributed by atoms with E-state index < -0.39 is 0 Å². The van der Waals surface area contributed by atoms with E-state index in [2.05, 4.69) is 6.58 Å². The minimum Gasteiger partial charge on any atom is -0.457 e. The third-order valence-corrected chi connectivity index (χ3v) is 2.50. The molecule has 0 aliphatic carbocycles. The first-order valence-electron chi connectivity index (χ1n) is 5.48. The van der Waals surface area contributed by atoms with Crippen LogP contribution in [0, 0.1) is 0 Å². The van der Waals surface area contributed by atoms with Gasteiger partial charge in [-0.05, 0) is 42.6 Å². The van der Waals surface area contributed by atoms with E-state index in [0.717, 1.165) is 17.2 Å². The van der Waals surface area contributed by atoms with Crippen LogP contribution < -0.4 is 9.64 Å². The van der Waals surface area contributed by atoms with Gasteiger partial charge in [0.25, 0.3) is 0 Å². The molecule has 0 aromatic heterocycles. The van der Waals surface area contributed by atoms with Crippen LogP contribution in [0.5, 0.6) is 11.5 Å². The van der Waals surface area contributed by atoms with Gasteiger partial charge in [0.15, 0.2) is 0 Å². The quantitative estimate of drug-likeness (QED) is 0.778. The highest BCUT2D eigenvalue weighted by Crippen LogP contribution is 2.23.